The minimum Gasteiger partial charge on any atom is -0.207 e. The van der Waals surface area contributed by atoms with Gasteiger partial charge in [-0.2, -0.15) is 0 Å². The van der Waals surface area contributed by atoms with Crippen molar-refractivity contribution in [2.45, 2.75) is 30.7 Å². The van der Waals surface area contributed by atoms with Gasteiger partial charge in [0.1, 0.15) is 0 Å². The fourth-order valence-corrected chi connectivity index (χ4v) is 4.28. The summed E-state index contributed by atoms with van der Waals surface area (Å²) in [5.74, 6) is 0.408. The number of benzene rings is 2. The van der Waals surface area contributed by atoms with Gasteiger partial charge >= 0.3 is 0 Å². The zero-order valence-corrected chi connectivity index (χ0v) is 13.1. The molecule has 2 rings (SSSR count). The van der Waals surface area contributed by atoms with Gasteiger partial charge in [0, 0.05) is 16.8 Å². The van der Waals surface area contributed by atoms with Crippen LogP contribution in [0, 0.1) is 0 Å². The van der Waals surface area contributed by atoms with Gasteiger partial charge in [0.2, 0.25) is 10.0 Å². The minimum atomic E-state index is -3.58. The molecule has 0 saturated heterocycles. The number of hydrogen-bond donors (Lipinski definition) is 1. The third kappa shape index (κ3) is 3.32. The van der Waals surface area contributed by atoms with E-state index in [2.05, 4.69) is 4.72 Å². The molecule has 0 bridgehead atoms. The van der Waals surface area contributed by atoms with E-state index in [1.807, 2.05) is 44.2 Å². The predicted molar refractivity (Wildman–Crippen MR) is 83.7 cm³/mol. The molecule has 3 nitrogen and oxygen atoms in total. The Morgan fingerprint density at radius 3 is 2.45 bits per heavy atom. The third-order valence-electron chi connectivity index (χ3n) is 3.17. The number of alkyl halides is 1. The van der Waals surface area contributed by atoms with E-state index in [4.69, 9.17) is 11.6 Å². The molecule has 0 aromatic heterocycles. The van der Waals surface area contributed by atoms with Crippen molar-refractivity contribution in [3.8, 4) is 0 Å². The van der Waals surface area contributed by atoms with Gasteiger partial charge in [0.25, 0.3) is 0 Å². The maximum atomic E-state index is 12.6. The summed E-state index contributed by atoms with van der Waals surface area (Å²) in [4.78, 5) is 0.304. The van der Waals surface area contributed by atoms with Crippen LogP contribution in [0.1, 0.15) is 20.3 Å². The first kappa shape index (κ1) is 15.3. The quantitative estimate of drug-likeness (QED) is 0.859. The molecule has 5 heteroatoms. The number of sulfonamides is 1. The van der Waals surface area contributed by atoms with E-state index in [0.717, 1.165) is 10.8 Å². The lowest BCUT2D eigenvalue weighted by atomic mass is 10.0. The first-order chi connectivity index (χ1) is 9.36. The third-order valence-corrected chi connectivity index (χ3v) is 5.11. The molecular weight excluding hydrogens is 294 g/mol. The highest BCUT2D eigenvalue weighted by Crippen LogP contribution is 2.24. The summed E-state index contributed by atoms with van der Waals surface area (Å²) in [7, 11) is -3.58. The summed E-state index contributed by atoms with van der Waals surface area (Å²) >= 11 is 5.72. The van der Waals surface area contributed by atoms with Gasteiger partial charge in [-0.05, 0) is 31.7 Å². The van der Waals surface area contributed by atoms with Gasteiger partial charge in [-0.1, -0.05) is 36.4 Å². The van der Waals surface area contributed by atoms with Crippen LogP contribution in [0.15, 0.2) is 47.4 Å². The molecular formula is C15H18ClNO2S. The van der Waals surface area contributed by atoms with Crippen LogP contribution in [-0.2, 0) is 10.0 Å². The van der Waals surface area contributed by atoms with E-state index in [1.54, 1.807) is 12.1 Å². The molecule has 0 atom stereocenters. The fraction of sp³-hybridized carbons (Fsp3) is 0.333. The highest BCUT2D eigenvalue weighted by molar-refractivity contribution is 7.89. The average molecular weight is 312 g/mol. The van der Waals surface area contributed by atoms with Crippen LogP contribution in [0.2, 0.25) is 0 Å². The predicted octanol–water partition coefficient (Wildman–Crippen LogP) is 3.53. The Balaban J connectivity index is 2.47. The van der Waals surface area contributed by atoms with Gasteiger partial charge in [0.05, 0.1) is 4.90 Å². The van der Waals surface area contributed by atoms with Crippen LogP contribution in [0.3, 0.4) is 0 Å². The van der Waals surface area contributed by atoms with Crippen LogP contribution >= 0.6 is 11.6 Å². The molecule has 0 radical (unpaired) electrons. The Labute approximate surface area is 125 Å². The normalized spacial score (nSPS) is 12.8. The molecule has 0 aliphatic rings. The molecule has 0 heterocycles. The lowest BCUT2D eigenvalue weighted by Crippen LogP contribution is -2.43. The standard InChI is InChI=1S/C15H18ClNO2S/c1-15(2,10-11-16)17-20(18,19)14-9-5-7-12-6-3-4-8-13(12)14/h3-9,17H,10-11H2,1-2H3. The van der Waals surface area contributed by atoms with Crippen molar-refractivity contribution >= 4 is 32.4 Å². The van der Waals surface area contributed by atoms with Crippen LogP contribution in [0.25, 0.3) is 10.8 Å². The Bertz CT molecular complexity index is 705. The first-order valence-corrected chi connectivity index (χ1v) is 8.45. The van der Waals surface area contributed by atoms with Gasteiger partial charge < -0.3 is 0 Å². The van der Waals surface area contributed by atoms with Crippen LogP contribution in [-0.4, -0.2) is 19.8 Å². The SMILES string of the molecule is CC(C)(CCCl)NS(=O)(=O)c1cccc2ccccc12. The van der Waals surface area contributed by atoms with Crippen molar-refractivity contribution in [3.63, 3.8) is 0 Å². The largest absolute Gasteiger partial charge is 0.241 e. The van der Waals surface area contributed by atoms with Gasteiger partial charge in [-0.3, -0.25) is 0 Å². The van der Waals surface area contributed by atoms with Gasteiger partial charge in [0.15, 0.2) is 0 Å². The molecule has 0 fully saturated rings. The smallest absolute Gasteiger partial charge is 0.207 e. The maximum absolute atomic E-state index is 12.6. The number of nitrogens with one attached hydrogen (secondary N) is 1. The molecule has 0 saturated carbocycles. The first-order valence-electron chi connectivity index (χ1n) is 6.43. The van der Waals surface area contributed by atoms with Crippen molar-refractivity contribution < 1.29 is 8.42 Å². The summed E-state index contributed by atoms with van der Waals surface area (Å²) in [6, 6.07) is 12.7. The Hall–Kier alpha value is -1.10. The molecule has 1 N–H and O–H groups in total. The summed E-state index contributed by atoms with van der Waals surface area (Å²) in [5, 5.41) is 1.63. The Kier molecular flexibility index (Phi) is 4.37. The molecule has 0 unspecified atom stereocenters. The van der Waals surface area contributed by atoms with Crippen molar-refractivity contribution in [2.24, 2.45) is 0 Å². The molecule has 0 amide bonds. The van der Waals surface area contributed by atoms with Crippen LogP contribution < -0.4 is 4.72 Å². The van der Waals surface area contributed by atoms with E-state index in [1.165, 1.54) is 0 Å². The summed E-state index contributed by atoms with van der Waals surface area (Å²) in [6.07, 6.45) is 0.568. The number of fused-ring (bicyclic) bond motifs is 1. The lowest BCUT2D eigenvalue weighted by Gasteiger charge is -2.25. The molecule has 0 aliphatic carbocycles. The summed E-state index contributed by atoms with van der Waals surface area (Å²) < 4.78 is 27.9. The Morgan fingerprint density at radius 2 is 1.75 bits per heavy atom. The monoisotopic (exact) mass is 311 g/mol. The average Bonchev–Trinajstić information content (AvgIpc) is 2.36. The highest BCUT2D eigenvalue weighted by atomic mass is 35.5. The topological polar surface area (TPSA) is 46.2 Å². The van der Waals surface area contributed by atoms with Crippen LogP contribution in [0.4, 0.5) is 0 Å². The lowest BCUT2D eigenvalue weighted by molar-refractivity contribution is 0.442. The van der Waals surface area contributed by atoms with E-state index in [0.29, 0.717) is 17.2 Å². The second-order valence-electron chi connectivity index (χ2n) is 5.41. The maximum Gasteiger partial charge on any atom is 0.241 e. The second-order valence-corrected chi connectivity index (χ2v) is 7.43. The summed E-state index contributed by atoms with van der Waals surface area (Å²) in [6.45, 7) is 3.66. The Morgan fingerprint density at radius 1 is 1.10 bits per heavy atom. The number of rotatable bonds is 5. The minimum absolute atomic E-state index is 0.304. The highest BCUT2D eigenvalue weighted by Gasteiger charge is 2.26. The van der Waals surface area contributed by atoms with E-state index in [-0.39, 0.29) is 0 Å². The van der Waals surface area contributed by atoms with Gasteiger partial charge in [-0.15, -0.1) is 11.6 Å². The number of halogens is 1. The fourth-order valence-electron chi connectivity index (χ4n) is 2.14. The van der Waals surface area contributed by atoms with Crippen molar-refractivity contribution in [1.29, 1.82) is 0 Å². The molecule has 108 valence electrons. The summed E-state index contributed by atoms with van der Waals surface area (Å²) in [5.41, 5.74) is -0.572. The van der Waals surface area contributed by atoms with E-state index < -0.39 is 15.6 Å². The molecule has 2 aromatic rings. The van der Waals surface area contributed by atoms with Crippen molar-refractivity contribution in [3.05, 3.63) is 42.5 Å². The van der Waals surface area contributed by atoms with Crippen molar-refractivity contribution in [1.82, 2.24) is 4.72 Å². The number of hydrogen-bond acceptors (Lipinski definition) is 2. The zero-order chi connectivity index (χ0) is 14.8. The zero-order valence-electron chi connectivity index (χ0n) is 11.6. The molecule has 20 heavy (non-hydrogen) atoms. The van der Waals surface area contributed by atoms with Gasteiger partial charge in [-0.25, -0.2) is 13.1 Å². The van der Waals surface area contributed by atoms with Crippen LogP contribution in [0.5, 0.6) is 0 Å². The van der Waals surface area contributed by atoms with Crippen molar-refractivity contribution in [2.75, 3.05) is 5.88 Å². The molecule has 0 spiro atoms. The van der Waals surface area contributed by atoms with E-state index in [9.17, 15) is 8.42 Å². The molecule has 2 aromatic carbocycles. The molecule has 0 aliphatic heterocycles. The van der Waals surface area contributed by atoms with E-state index >= 15 is 0 Å². The second kappa shape index (κ2) is 5.72.